The van der Waals surface area contributed by atoms with Crippen LogP contribution in [0.15, 0.2) is 6.07 Å². The molecule has 0 bridgehead atoms. The van der Waals surface area contributed by atoms with Crippen LogP contribution in [0.25, 0.3) is 0 Å². The van der Waals surface area contributed by atoms with Crippen molar-refractivity contribution in [1.82, 2.24) is 4.98 Å². The molecule has 3 nitrogen and oxygen atoms in total. The summed E-state index contributed by atoms with van der Waals surface area (Å²) in [5.41, 5.74) is 3.50. The van der Waals surface area contributed by atoms with Gasteiger partial charge in [0.25, 0.3) is 11.7 Å². The second kappa shape index (κ2) is 3.83. The maximum atomic E-state index is 12.9. The first-order chi connectivity index (χ1) is 6.43. The van der Waals surface area contributed by atoms with Gasteiger partial charge in [-0.25, -0.2) is 18.2 Å². The number of pyridine rings is 1. The number of hydrogen-bond acceptors (Lipinski definition) is 3. The quantitative estimate of drug-likeness (QED) is 0.783. The monoisotopic (exact) mass is 224 g/mol. The van der Waals surface area contributed by atoms with Gasteiger partial charge in [0.2, 0.25) is 0 Å². The molecule has 1 rings (SSSR count). The van der Waals surface area contributed by atoms with Crippen molar-refractivity contribution in [1.29, 1.82) is 0 Å². The van der Waals surface area contributed by atoms with Gasteiger partial charge < -0.3 is 5.73 Å². The smallest absolute Gasteiger partial charge is 0.271 e. The first kappa shape index (κ1) is 10.8. The minimum Gasteiger partial charge on any atom is -0.383 e. The molecule has 14 heavy (non-hydrogen) atoms. The lowest BCUT2D eigenvalue weighted by Gasteiger charge is -2.05. The van der Waals surface area contributed by atoms with Crippen molar-refractivity contribution in [3.63, 3.8) is 0 Å². The van der Waals surface area contributed by atoms with Crippen molar-refractivity contribution in [2.75, 3.05) is 5.73 Å². The molecule has 0 fully saturated rings. The average molecular weight is 225 g/mol. The van der Waals surface area contributed by atoms with Crippen LogP contribution in [0.3, 0.4) is 0 Å². The Labute approximate surface area is 81.7 Å². The third-order valence-electron chi connectivity index (χ3n) is 1.46. The van der Waals surface area contributed by atoms with Crippen LogP contribution in [-0.2, 0) is 0 Å². The van der Waals surface area contributed by atoms with Crippen molar-refractivity contribution in [2.45, 2.75) is 6.43 Å². The van der Waals surface area contributed by atoms with Crippen LogP contribution < -0.4 is 5.73 Å². The first-order valence-electron chi connectivity index (χ1n) is 3.37. The summed E-state index contributed by atoms with van der Waals surface area (Å²) in [5.74, 6) is -2.03. The molecule has 76 valence electrons. The largest absolute Gasteiger partial charge is 0.383 e. The number of halogens is 4. The van der Waals surface area contributed by atoms with E-state index in [-0.39, 0.29) is 0 Å². The number of rotatable bonds is 2. The number of nitrogens with two attached hydrogens (primary N) is 1. The molecule has 1 aromatic heterocycles. The van der Waals surface area contributed by atoms with Crippen LogP contribution in [0, 0.1) is 5.82 Å². The zero-order valence-electron chi connectivity index (χ0n) is 6.60. The van der Waals surface area contributed by atoms with E-state index in [1.165, 1.54) is 0 Å². The number of alkyl halides is 2. The van der Waals surface area contributed by atoms with E-state index >= 15 is 0 Å². The number of anilines is 1. The van der Waals surface area contributed by atoms with E-state index < -0.39 is 34.6 Å². The lowest BCUT2D eigenvalue weighted by Crippen LogP contribution is -2.06. The van der Waals surface area contributed by atoms with Gasteiger partial charge >= 0.3 is 0 Å². The summed E-state index contributed by atoms with van der Waals surface area (Å²) in [4.78, 5) is 13.8. The van der Waals surface area contributed by atoms with Gasteiger partial charge in [0, 0.05) is 6.07 Å². The predicted octanol–water partition coefficient (Wildman–Crippen LogP) is 2.12. The van der Waals surface area contributed by atoms with Gasteiger partial charge in [0.1, 0.15) is 17.3 Å². The standard InChI is InChI=1S/C7H4ClF3N2O/c8-5(14)3-1-2(9)4(6(10)11)7(12)13-3/h1,6H,(H2,12,13). The van der Waals surface area contributed by atoms with Crippen molar-refractivity contribution in [3.8, 4) is 0 Å². The Hall–Kier alpha value is -1.30. The third-order valence-corrected chi connectivity index (χ3v) is 1.65. The predicted molar refractivity (Wildman–Crippen MR) is 43.7 cm³/mol. The normalized spacial score (nSPS) is 10.6. The molecule has 2 N–H and O–H groups in total. The van der Waals surface area contributed by atoms with E-state index in [1.54, 1.807) is 0 Å². The van der Waals surface area contributed by atoms with Gasteiger partial charge in [-0.1, -0.05) is 0 Å². The lowest BCUT2D eigenvalue weighted by atomic mass is 10.2. The van der Waals surface area contributed by atoms with Crippen molar-refractivity contribution in [3.05, 3.63) is 23.1 Å². The number of aromatic nitrogens is 1. The van der Waals surface area contributed by atoms with Crippen LogP contribution in [0.5, 0.6) is 0 Å². The number of hydrogen-bond donors (Lipinski definition) is 1. The molecule has 1 aromatic rings. The van der Waals surface area contributed by atoms with Gasteiger partial charge in [0.15, 0.2) is 0 Å². The maximum absolute atomic E-state index is 12.9. The molecule has 0 spiro atoms. The highest BCUT2D eigenvalue weighted by Crippen LogP contribution is 2.27. The molecule has 0 aromatic carbocycles. The van der Waals surface area contributed by atoms with Crippen LogP contribution in [0.4, 0.5) is 19.0 Å². The molecule has 1 heterocycles. The minimum absolute atomic E-state index is 0.494. The fraction of sp³-hybridized carbons (Fsp3) is 0.143. The second-order valence-electron chi connectivity index (χ2n) is 2.36. The molecule has 0 aliphatic rings. The molecular formula is C7H4ClF3N2O. The van der Waals surface area contributed by atoms with E-state index in [0.29, 0.717) is 6.07 Å². The maximum Gasteiger partial charge on any atom is 0.271 e. The van der Waals surface area contributed by atoms with Gasteiger partial charge in [-0.3, -0.25) is 4.79 Å². The van der Waals surface area contributed by atoms with Crippen LogP contribution in [0.1, 0.15) is 22.5 Å². The Bertz CT molecular complexity index is 360. The lowest BCUT2D eigenvalue weighted by molar-refractivity contribution is 0.107. The fourth-order valence-electron chi connectivity index (χ4n) is 0.859. The molecule has 0 saturated carbocycles. The van der Waals surface area contributed by atoms with Gasteiger partial charge in [0.05, 0.1) is 5.56 Å². The van der Waals surface area contributed by atoms with Crippen molar-refractivity contribution < 1.29 is 18.0 Å². The SMILES string of the molecule is Nc1nc(C(=O)Cl)cc(F)c1C(F)F. The summed E-state index contributed by atoms with van der Waals surface area (Å²) in [6.45, 7) is 0. The summed E-state index contributed by atoms with van der Waals surface area (Å²) in [6.07, 6.45) is -3.08. The number of nitrogens with zero attached hydrogens (tertiary/aromatic N) is 1. The van der Waals surface area contributed by atoms with E-state index in [1.807, 2.05) is 0 Å². The van der Waals surface area contributed by atoms with Gasteiger partial charge in [-0.05, 0) is 11.6 Å². The highest BCUT2D eigenvalue weighted by Gasteiger charge is 2.20. The van der Waals surface area contributed by atoms with E-state index in [9.17, 15) is 18.0 Å². The summed E-state index contributed by atoms with van der Waals surface area (Å²) >= 11 is 4.97. The Morgan fingerprint density at radius 1 is 1.57 bits per heavy atom. The van der Waals surface area contributed by atoms with E-state index in [4.69, 9.17) is 17.3 Å². The van der Waals surface area contributed by atoms with E-state index in [2.05, 4.69) is 4.98 Å². The van der Waals surface area contributed by atoms with Crippen molar-refractivity contribution >= 4 is 22.7 Å². The zero-order chi connectivity index (χ0) is 10.9. The van der Waals surface area contributed by atoms with E-state index in [0.717, 1.165) is 0 Å². The van der Waals surface area contributed by atoms with Gasteiger partial charge in [-0.2, -0.15) is 0 Å². The Kier molecular flexibility index (Phi) is 2.95. The number of carbonyl (C=O) groups excluding carboxylic acids is 1. The summed E-state index contributed by atoms with van der Waals surface area (Å²) in [6, 6.07) is 0.521. The number of nitrogen functional groups attached to an aromatic ring is 1. The Balaban J connectivity index is 3.32. The molecule has 0 radical (unpaired) electrons. The van der Waals surface area contributed by atoms with Crippen LogP contribution in [0.2, 0.25) is 0 Å². The molecule has 0 atom stereocenters. The Morgan fingerprint density at radius 2 is 2.14 bits per heavy atom. The highest BCUT2D eigenvalue weighted by atomic mass is 35.5. The average Bonchev–Trinajstić information content (AvgIpc) is 2.01. The number of carbonyl (C=O) groups is 1. The minimum atomic E-state index is -3.08. The van der Waals surface area contributed by atoms with Crippen molar-refractivity contribution in [2.24, 2.45) is 0 Å². The molecular weight excluding hydrogens is 221 g/mol. The first-order valence-corrected chi connectivity index (χ1v) is 3.75. The van der Waals surface area contributed by atoms with Crippen LogP contribution >= 0.6 is 11.6 Å². The second-order valence-corrected chi connectivity index (χ2v) is 2.71. The summed E-state index contributed by atoms with van der Waals surface area (Å²) in [5, 5.41) is -1.06. The molecule has 0 aliphatic carbocycles. The fourth-order valence-corrected chi connectivity index (χ4v) is 0.956. The summed E-state index contributed by atoms with van der Waals surface area (Å²) < 4.78 is 37.2. The van der Waals surface area contributed by atoms with Crippen LogP contribution in [-0.4, -0.2) is 10.2 Å². The molecule has 0 unspecified atom stereocenters. The Morgan fingerprint density at radius 3 is 2.50 bits per heavy atom. The molecule has 7 heteroatoms. The topological polar surface area (TPSA) is 56.0 Å². The van der Waals surface area contributed by atoms with Gasteiger partial charge in [-0.15, -0.1) is 0 Å². The zero-order valence-corrected chi connectivity index (χ0v) is 7.36. The molecule has 0 aliphatic heterocycles. The summed E-state index contributed by atoms with van der Waals surface area (Å²) in [7, 11) is 0. The molecule has 0 amide bonds. The third kappa shape index (κ3) is 1.95. The molecule has 0 saturated heterocycles. The highest BCUT2D eigenvalue weighted by molar-refractivity contribution is 6.67.